The molecule has 27 heavy (non-hydrogen) atoms. The minimum atomic E-state index is -0.951. The number of H-pyrrole nitrogens is 1. The molecule has 0 aliphatic rings. The number of hydrogen-bond donors (Lipinski definition) is 1. The molecule has 4 aromatic rings. The van der Waals surface area contributed by atoms with Crippen molar-refractivity contribution in [3.63, 3.8) is 0 Å². The largest absolute Gasteiger partial charge is 0.343 e. The van der Waals surface area contributed by atoms with Crippen molar-refractivity contribution in [3.8, 4) is 6.07 Å². The highest BCUT2D eigenvalue weighted by molar-refractivity contribution is 7.09. The van der Waals surface area contributed by atoms with E-state index >= 15 is 0 Å². The van der Waals surface area contributed by atoms with E-state index in [1.807, 2.05) is 55.6 Å². The van der Waals surface area contributed by atoms with Gasteiger partial charge in [-0.05, 0) is 43.5 Å². The summed E-state index contributed by atoms with van der Waals surface area (Å²) in [6.45, 7) is 4.64. The van der Waals surface area contributed by atoms with Crippen LogP contribution in [0.3, 0.4) is 0 Å². The molecule has 5 nitrogen and oxygen atoms in total. The van der Waals surface area contributed by atoms with E-state index in [4.69, 9.17) is 0 Å². The van der Waals surface area contributed by atoms with E-state index < -0.39 is 5.92 Å². The topological polar surface area (TPSA) is 74.5 Å². The van der Waals surface area contributed by atoms with Gasteiger partial charge in [-0.25, -0.2) is 4.98 Å². The number of nitriles is 1. The number of carbonyl (C=O) groups is 1. The van der Waals surface area contributed by atoms with Gasteiger partial charge >= 0.3 is 0 Å². The van der Waals surface area contributed by atoms with Crippen LogP contribution in [0.15, 0.2) is 47.8 Å². The zero-order valence-corrected chi connectivity index (χ0v) is 15.9. The first-order valence-electron chi connectivity index (χ1n) is 8.66. The van der Waals surface area contributed by atoms with Crippen molar-refractivity contribution in [2.24, 2.45) is 0 Å². The number of aromatic amines is 1. The van der Waals surface area contributed by atoms with Gasteiger partial charge in [-0.2, -0.15) is 5.26 Å². The quantitative estimate of drug-likeness (QED) is 0.520. The van der Waals surface area contributed by atoms with Crippen LogP contribution in [0.4, 0.5) is 0 Å². The number of carbonyl (C=O) groups excluding carboxylic acids is 1. The lowest BCUT2D eigenvalue weighted by Crippen LogP contribution is -2.14. The predicted octanol–water partition coefficient (Wildman–Crippen LogP) is 4.58. The van der Waals surface area contributed by atoms with Crippen molar-refractivity contribution in [2.75, 3.05) is 0 Å². The van der Waals surface area contributed by atoms with Gasteiger partial charge in [0.15, 0.2) is 11.7 Å². The van der Waals surface area contributed by atoms with E-state index in [-0.39, 0.29) is 5.78 Å². The first-order valence-corrected chi connectivity index (χ1v) is 9.54. The van der Waals surface area contributed by atoms with Crippen molar-refractivity contribution in [1.82, 2.24) is 14.5 Å². The highest BCUT2D eigenvalue weighted by Crippen LogP contribution is 2.26. The molecule has 0 radical (unpaired) electrons. The van der Waals surface area contributed by atoms with Crippen LogP contribution in [0.25, 0.3) is 11.0 Å². The third-order valence-corrected chi connectivity index (χ3v) is 5.67. The highest BCUT2D eigenvalue weighted by Gasteiger charge is 2.28. The van der Waals surface area contributed by atoms with Crippen molar-refractivity contribution in [3.05, 3.63) is 75.5 Å². The number of para-hydroxylation sites is 2. The summed E-state index contributed by atoms with van der Waals surface area (Å²) in [5.41, 5.74) is 4.04. The maximum absolute atomic E-state index is 13.1. The van der Waals surface area contributed by atoms with Gasteiger partial charge in [0.2, 0.25) is 0 Å². The summed E-state index contributed by atoms with van der Waals surface area (Å²) in [7, 11) is 0. The van der Waals surface area contributed by atoms with Crippen LogP contribution in [-0.2, 0) is 6.54 Å². The Bertz CT molecular complexity index is 1130. The van der Waals surface area contributed by atoms with Crippen LogP contribution in [0.1, 0.15) is 38.4 Å². The van der Waals surface area contributed by atoms with Gasteiger partial charge < -0.3 is 9.55 Å². The molecular weight excluding hydrogens is 356 g/mol. The van der Waals surface area contributed by atoms with Crippen LogP contribution in [0.2, 0.25) is 0 Å². The Hall–Kier alpha value is -3.17. The summed E-state index contributed by atoms with van der Waals surface area (Å²) in [6, 6.07) is 15.6. The number of hydrogen-bond acceptors (Lipinski definition) is 4. The number of thiophene rings is 1. The number of aryl methyl sites for hydroxylation is 1. The number of imidazole rings is 1. The van der Waals surface area contributed by atoms with Crippen LogP contribution in [-0.4, -0.2) is 20.3 Å². The fourth-order valence-electron chi connectivity index (χ4n) is 3.36. The smallest absolute Gasteiger partial charge is 0.189 e. The third-order valence-electron chi connectivity index (χ3n) is 4.81. The Morgan fingerprint density at radius 1 is 1.30 bits per heavy atom. The standard InChI is InChI=1S/C21H18N4OS/c1-13-10-16(14(2)25(13)12-15-6-5-9-27-15)20(26)17(11-22)21-23-18-7-3-4-8-19(18)24-21/h3-10,17H,12H2,1-2H3,(H,23,24). The molecule has 134 valence electrons. The number of Topliss-reactive ketones (excluding diaryl/α,β-unsaturated/α-hetero) is 1. The maximum Gasteiger partial charge on any atom is 0.189 e. The Morgan fingerprint density at radius 2 is 2.11 bits per heavy atom. The van der Waals surface area contributed by atoms with E-state index in [0.29, 0.717) is 11.4 Å². The number of aromatic nitrogens is 3. The molecule has 6 heteroatoms. The minimum Gasteiger partial charge on any atom is -0.343 e. The molecule has 1 N–H and O–H groups in total. The highest BCUT2D eigenvalue weighted by atomic mass is 32.1. The molecule has 0 bridgehead atoms. The predicted molar refractivity (Wildman–Crippen MR) is 106 cm³/mol. The van der Waals surface area contributed by atoms with Crippen molar-refractivity contribution >= 4 is 28.2 Å². The Balaban J connectivity index is 1.69. The van der Waals surface area contributed by atoms with Crippen LogP contribution >= 0.6 is 11.3 Å². The number of nitrogens with zero attached hydrogens (tertiary/aromatic N) is 3. The van der Waals surface area contributed by atoms with Gasteiger partial charge in [0.05, 0.1) is 23.6 Å². The Kier molecular flexibility index (Phi) is 4.38. The molecule has 0 amide bonds. The van der Waals surface area contributed by atoms with Gasteiger partial charge in [-0.15, -0.1) is 11.3 Å². The van der Waals surface area contributed by atoms with Crippen LogP contribution < -0.4 is 0 Å². The average molecular weight is 374 g/mol. The van der Waals surface area contributed by atoms with Gasteiger partial charge in [0.25, 0.3) is 0 Å². The fourth-order valence-corrected chi connectivity index (χ4v) is 4.05. The average Bonchev–Trinajstić information content (AvgIpc) is 3.38. The summed E-state index contributed by atoms with van der Waals surface area (Å²) in [6.07, 6.45) is 0. The summed E-state index contributed by atoms with van der Waals surface area (Å²) in [4.78, 5) is 21.9. The lowest BCUT2D eigenvalue weighted by Gasteiger charge is -2.09. The van der Waals surface area contributed by atoms with Crippen molar-refractivity contribution in [2.45, 2.75) is 26.3 Å². The van der Waals surface area contributed by atoms with Crippen LogP contribution in [0.5, 0.6) is 0 Å². The second-order valence-electron chi connectivity index (χ2n) is 6.52. The molecule has 1 aromatic carbocycles. The van der Waals surface area contributed by atoms with E-state index in [1.165, 1.54) is 4.88 Å². The van der Waals surface area contributed by atoms with Crippen LogP contribution in [0, 0.1) is 25.2 Å². The lowest BCUT2D eigenvalue weighted by molar-refractivity contribution is 0.0976. The molecule has 0 aliphatic carbocycles. The molecule has 0 spiro atoms. The molecule has 1 unspecified atom stereocenters. The number of fused-ring (bicyclic) bond motifs is 1. The Labute approximate surface area is 160 Å². The van der Waals surface area contributed by atoms with E-state index in [0.717, 1.165) is 29.0 Å². The molecular formula is C21H18N4OS. The van der Waals surface area contributed by atoms with E-state index in [1.54, 1.807) is 11.3 Å². The second kappa shape index (κ2) is 6.86. The fraction of sp³-hybridized carbons (Fsp3) is 0.190. The molecule has 0 saturated heterocycles. The maximum atomic E-state index is 13.1. The molecule has 0 aliphatic heterocycles. The summed E-state index contributed by atoms with van der Waals surface area (Å²) < 4.78 is 2.12. The number of benzene rings is 1. The normalized spacial score (nSPS) is 12.2. The summed E-state index contributed by atoms with van der Waals surface area (Å²) >= 11 is 1.69. The molecule has 1 atom stereocenters. The second-order valence-corrected chi connectivity index (χ2v) is 7.55. The van der Waals surface area contributed by atoms with Gasteiger partial charge in [0.1, 0.15) is 5.82 Å². The Morgan fingerprint density at radius 3 is 2.81 bits per heavy atom. The number of ketones is 1. The molecule has 3 heterocycles. The van der Waals surface area contributed by atoms with Gasteiger partial charge in [-0.1, -0.05) is 18.2 Å². The molecule has 4 rings (SSSR count). The first kappa shape index (κ1) is 17.3. The summed E-state index contributed by atoms with van der Waals surface area (Å²) in [5.74, 6) is -0.776. The van der Waals surface area contributed by atoms with E-state index in [9.17, 15) is 10.1 Å². The third kappa shape index (κ3) is 3.07. The van der Waals surface area contributed by atoms with Crippen molar-refractivity contribution in [1.29, 1.82) is 5.26 Å². The first-order chi connectivity index (χ1) is 13.1. The van der Waals surface area contributed by atoms with E-state index in [2.05, 4.69) is 26.7 Å². The van der Waals surface area contributed by atoms with Crippen molar-refractivity contribution < 1.29 is 4.79 Å². The number of nitrogens with one attached hydrogen (secondary N) is 1. The molecule has 3 aromatic heterocycles. The monoisotopic (exact) mass is 374 g/mol. The lowest BCUT2D eigenvalue weighted by atomic mass is 9.98. The summed E-state index contributed by atoms with van der Waals surface area (Å²) in [5, 5.41) is 11.7. The minimum absolute atomic E-state index is 0.220. The molecule has 0 saturated carbocycles. The zero-order chi connectivity index (χ0) is 19.0. The number of rotatable bonds is 5. The van der Waals surface area contributed by atoms with Gasteiger partial charge in [-0.3, -0.25) is 4.79 Å². The SMILES string of the molecule is Cc1cc(C(=O)C(C#N)c2nc3ccccc3[nH]2)c(C)n1Cc1cccs1. The molecule has 0 fully saturated rings. The zero-order valence-electron chi connectivity index (χ0n) is 15.1. The van der Waals surface area contributed by atoms with Gasteiger partial charge in [0, 0.05) is 21.8 Å².